The molecule has 1 fully saturated rings. The highest BCUT2D eigenvalue weighted by Gasteiger charge is 2.23. The van der Waals surface area contributed by atoms with Gasteiger partial charge in [-0.25, -0.2) is 4.98 Å². The number of hydrogen-bond acceptors (Lipinski definition) is 6. The van der Waals surface area contributed by atoms with Crippen molar-refractivity contribution in [3.8, 4) is 0 Å². The van der Waals surface area contributed by atoms with Crippen molar-refractivity contribution in [3.63, 3.8) is 0 Å². The Morgan fingerprint density at radius 2 is 1.86 bits per heavy atom. The summed E-state index contributed by atoms with van der Waals surface area (Å²) in [5, 5.41) is 19.2. The maximum Gasteiger partial charge on any atom is 0.284 e. The van der Waals surface area contributed by atoms with Crippen LogP contribution in [0.3, 0.4) is 0 Å². The standard InChI is InChI=1S/C20H18N4O3S/c25-18(13-6-2-1-3-7-13)15-10-11-17(16(12-15)24(26)27)28-20-21-19(22-23-20)14-8-4-5-9-14/h1-3,6-7,10-12,14H,4-5,8-9H2,(H,21,22,23). The van der Waals surface area contributed by atoms with Crippen molar-refractivity contribution in [3.05, 3.63) is 75.6 Å². The Hall–Kier alpha value is -3.00. The maximum atomic E-state index is 12.6. The highest BCUT2D eigenvalue weighted by molar-refractivity contribution is 7.99. The lowest BCUT2D eigenvalue weighted by atomic mass is 10.0. The molecule has 28 heavy (non-hydrogen) atoms. The molecule has 8 heteroatoms. The number of aromatic amines is 1. The van der Waals surface area contributed by atoms with Crippen LogP contribution in [-0.4, -0.2) is 25.9 Å². The minimum atomic E-state index is -0.478. The fourth-order valence-electron chi connectivity index (χ4n) is 3.43. The summed E-state index contributed by atoms with van der Waals surface area (Å²) in [6.45, 7) is 0. The molecule has 1 aromatic heterocycles. The Labute approximate surface area is 165 Å². The van der Waals surface area contributed by atoms with E-state index in [1.54, 1.807) is 36.4 Å². The van der Waals surface area contributed by atoms with Crippen LogP contribution in [0.4, 0.5) is 5.69 Å². The molecular weight excluding hydrogens is 376 g/mol. The Balaban J connectivity index is 1.59. The number of nitro groups is 1. The molecule has 1 aliphatic carbocycles. The van der Waals surface area contributed by atoms with E-state index in [1.807, 2.05) is 6.07 Å². The van der Waals surface area contributed by atoms with Gasteiger partial charge < -0.3 is 0 Å². The van der Waals surface area contributed by atoms with Crippen molar-refractivity contribution in [2.45, 2.75) is 41.7 Å². The molecule has 0 radical (unpaired) electrons. The van der Waals surface area contributed by atoms with Crippen molar-refractivity contribution in [1.29, 1.82) is 0 Å². The molecule has 1 N–H and O–H groups in total. The first kappa shape index (κ1) is 18.4. The van der Waals surface area contributed by atoms with Gasteiger partial charge in [-0.2, -0.15) is 0 Å². The van der Waals surface area contributed by atoms with Crippen molar-refractivity contribution in [2.24, 2.45) is 0 Å². The molecule has 0 unspecified atom stereocenters. The molecule has 0 aliphatic heterocycles. The second kappa shape index (κ2) is 7.93. The molecule has 3 aromatic rings. The molecule has 4 rings (SSSR count). The number of carbonyl (C=O) groups is 1. The van der Waals surface area contributed by atoms with Crippen LogP contribution in [0.2, 0.25) is 0 Å². The molecule has 0 bridgehead atoms. The number of benzene rings is 2. The Bertz CT molecular complexity index is 1010. The Kier molecular flexibility index (Phi) is 5.21. The minimum absolute atomic E-state index is 0.126. The quantitative estimate of drug-likeness (QED) is 0.368. The van der Waals surface area contributed by atoms with Crippen LogP contribution in [0.5, 0.6) is 0 Å². The van der Waals surface area contributed by atoms with E-state index in [0.29, 0.717) is 21.5 Å². The lowest BCUT2D eigenvalue weighted by molar-refractivity contribution is -0.387. The molecular formula is C20H18N4O3S. The summed E-state index contributed by atoms with van der Waals surface area (Å²) in [7, 11) is 0. The average molecular weight is 394 g/mol. The molecule has 0 spiro atoms. The van der Waals surface area contributed by atoms with E-state index in [-0.39, 0.29) is 17.0 Å². The predicted octanol–water partition coefficient (Wildman–Crippen LogP) is 4.75. The Morgan fingerprint density at radius 3 is 2.57 bits per heavy atom. The fourth-order valence-corrected chi connectivity index (χ4v) is 4.23. The molecule has 0 amide bonds. The van der Waals surface area contributed by atoms with Crippen LogP contribution in [0, 0.1) is 10.1 Å². The van der Waals surface area contributed by atoms with Gasteiger partial charge in [0.05, 0.1) is 9.82 Å². The smallest absolute Gasteiger partial charge is 0.284 e. The summed E-state index contributed by atoms with van der Waals surface area (Å²) in [6.07, 6.45) is 4.57. The second-order valence-electron chi connectivity index (χ2n) is 6.72. The van der Waals surface area contributed by atoms with Gasteiger partial charge in [0.25, 0.3) is 5.69 Å². The zero-order chi connectivity index (χ0) is 19.5. The van der Waals surface area contributed by atoms with Crippen LogP contribution in [0.15, 0.2) is 58.6 Å². The molecule has 2 aromatic carbocycles. The van der Waals surface area contributed by atoms with Crippen LogP contribution in [0.1, 0.15) is 53.3 Å². The number of hydrogen-bond donors (Lipinski definition) is 1. The number of H-pyrrole nitrogens is 1. The third-order valence-electron chi connectivity index (χ3n) is 4.88. The predicted molar refractivity (Wildman–Crippen MR) is 105 cm³/mol. The molecule has 1 heterocycles. The molecule has 1 aliphatic rings. The molecule has 142 valence electrons. The lowest BCUT2D eigenvalue weighted by Gasteiger charge is -2.04. The first-order chi connectivity index (χ1) is 13.6. The third-order valence-corrected chi connectivity index (χ3v) is 5.81. The number of nitrogens with zero attached hydrogens (tertiary/aromatic N) is 3. The Morgan fingerprint density at radius 1 is 1.11 bits per heavy atom. The van der Waals surface area contributed by atoms with E-state index in [9.17, 15) is 14.9 Å². The van der Waals surface area contributed by atoms with Crippen molar-refractivity contribution in [2.75, 3.05) is 0 Å². The van der Waals surface area contributed by atoms with Gasteiger partial charge in [-0.3, -0.25) is 20.0 Å². The van der Waals surface area contributed by atoms with Crippen molar-refractivity contribution < 1.29 is 9.72 Å². The van der Waals surface area contributed by atoms with Gasteiger partial charge in [-0.1, -0.05) is 43.2 Å². The van der Waals surface area contributed by atoms with Gasteiger partial charge in [0.1, 0.15) is 5.82 Å². The monoisotopic (exact) mass is 394 g/mol. The zero-order valence-electron chi connectivity index (χ0n) is 15.0. The third kappa shape index (κ3) is 3.82. The number of carbonyl (C=O) groups excluding carboxylic acids is 1. The normalized spacial score (nSPS) is 14.3. The number of ketones is 1. The minimum Gasteiger partial charge on any atom is -0.289 e. The second-order valence-corrected chi connectivity index (χ2v) is 7.73. The van der Waals surface area contributed by atoms with Gasteiger partial charge in [0, 0.05) is 23.1 Å². The van der Waals surface area contributed by atoms with E-state index in [4.69, 9.17) is 0 Å². The van der Waals surface area contributed by atoms with E-state index >= 15 is 0 Å². The number of nitrogens with one attached hydrogen (secondary N) is 1. The first-order valence-corrected chi connectivity index (χ1v) is 9.92. The van der Waals surface area contributed by atoms with Gasteiger partial charge in [-0.15, -0.1) is 5.10 Å². The van der Waals surface area contributed by atoms with E-state index in [0.717, 1.165) is 30.4 Å². The van der Waals surface area contributed by atoms with Crippen LogP contribution in [0.25, 0.3) is 0 Å². The van der Waals surface area contributed by atoms with Crippen LogP contribution in [-0.2, 0) is 0 Å². The van der Waals surface area contributed by atoms with Gasteiger partial charge in [0.15, 0.2) is 5.78 Å². The van der Waals surface area contributed by atoms with E-state index < -0.39 is 4.92 Å². The molecule has 0 saturated heterocycles. The van der Waals surface area contributed by atoms with Crippen LogP contribution < -0.4 is 0 Å². The lowest BCUT2D eigenvalue weighted by Crippen LogP contribution is -2.02. The fraction of sp³-hybridized carbons (Fsp3) is 0.250. The zero-order valence-corrected chi connectivity index (χ0v) is 15.8. The van der Waals surface area contributed by atoms with E-state index in [2.05, 4.69) is 15.2 Å². The number of nitro benzene ring substituents is 1. The van der Waals surface area contributed by atoms with E-state index in [1.165, 1.54) is 18.9 Å². The van der Waals surface area contributed by atoms with Crippen molar-refractivity contribution in [1.82, 2.24) is 15.2 Å². The largest absolute Gasteiger partial charge is 0.289 e. The van der Waals surface area contributed by atoms with Crippen LogP contribution >= 0.6 is 11.8 Å². The summed E-state index contributed by atoms with van der Waals surface area (Å²) >= 11 is 1.13. The number of aromatic nitrogens is 3. The summed E-state index contributed by atoms with van der Waals surface area (Å²) in [6, 6.07) is 13.2. The summed E-state index contributed by atoms with van der Waals surface area (Å²) < 4.78 is 0. The molecule has 7 nitrogen and oxygen atoms in total. The van der Waals surface area contributed by atoms with Gasteiger partial charge in [-0.05, 0) is 36.7 Å². The highest BCUT2D eigenvalue weighted by atomic mass is 32.2. The molecule has 0 atom stereocenters. The molecule has 1 saturated carbocycles. The summed E-state index contributed by atoms with van der Waals surface area (Å²) in [5.41, 5.74) is 0.648. The first-order valence-electron chi connectivity index (χ1n) is 9.10. The topological polar surface area (TPSA) is 102 Å². The SMILES string of the molecule is O=C(c1ccccc1)c1ccc(Sc2n[nH]c(C3CCCC3)n2)c([N+](=O)[O-])c1. The summed E-state index contributed by atoms with van der Waals surface area (Å²) in [4.78, 5) is 28.6. The summed E-state index contributed by atoms with van der Waals surface area (Å²) in [5.74, 6) is 0.989. The number of rotatable bonds is 6. The van der Waals surface area contributed by atoms with Gasteiger partial charge in [0.2, 0.25) is 5.16 Å². The highest BCUT2D eigenvalue weighted by Crippen LogP contribution is 2.36. The van der Waals surface area contributed by atoms with Crippen molar-refractivity contribution >= 4 is 23.2 Å². The average Bonchev–Trinajstić information content (AvgIpc) is 3.40. The van der Waals surface area contributed by atoms with Gasteiger partial charge >= 0.3 is 0 Å². The maximum absolute atomic E-state index is 12.6.